The van der Waals surface area contributed by atoms with Crippen molar-refractivity contribution in [3.05, 3.63) is 46.0 Å². The van der Waals surface area contributed by atoms with Gasteiger partial charge in [-0.1, -0.05) is 32.4 Å². The van der Waals surface area contributed by atoms with Crippen LogP contribution < -0.4 is 0 Å². The Balaban J connectivity index is 2.64. The maximum atomic E-state index is 13.3. The fraction of sp³-hybridized carbons (Fsp3) is 0.375. The summed E-state index contributed by atoms with van der Waals surface area (Å²) in [6.07, 6.45) is 1.07. The SMILES string of the molecule is CCc1c(C(=O)O)c(CC(C)C)nn1-c1ccc(F)c(Cl)c1. The van der Waals surface area contributed by atoms with Crippen molar-refractivity contribution in [2.75, 3.05) is 0 Å². The summed E-state index contributed by atoms with van der Waals surface area (Å²) in [5.41, 5.74) is 1.92. The van der Waals surface area contributed by atoms with Crippen LogP contribution in [0.1, 0.15) is 42.5 Å². The van der Waals surface area contributed by atoms with E-state index < -0.39 is 11.8 Å². The number of rotatable bonds is 5. The van der Waals surface area contributed by atoms with Crippen molar-refractivity contribution in [2.45, 2.75) is 33.6 Å². The van der Waals surface area contributed by atoms with Gasteiger partial charge in [-0.3, -0.25) is 0 Å². The maximum absolute atomic E-state index is 13.3. The second-order valence-electron chi connectivity index (χ2n) is 5.54. The highest BCUT2D eigenvalue weighted by Gasteiger charge is 2.23. The molecule has 4 nitrogen and oxygen atoms in total. The predicted molar refractivity (Wildman–Crippen MR) is 83.4 cm³/mol. The van der Waals surface area contributed by atoms with E-state index in [1.807, 2.05) is 20.8 Å². The number of halogens is 2. The van der Waals surface area contributed by atoms with Crippen LogP contribution in [0.5, 0.6) is 0 Å². The zero-order chi connectivity index (χ0) is 16.4. The van der Waals surface area contributed by atoms with E-state index in [1.54, 1.807) is 4.68 Å². The molecule has 0 amide bonds. The van der Waals surface area contributed by atoms with Gasteiger partial charge in [0, 0.05) is 0 Å². The van der Waals surface area contributed by atoms with Gasteiger partial charge in [0.25, 0.3) is 0 Å². The Hall–Kier alpha value is -1.88. The predicted octanol–water partition coefficient (Wildman–Crippen LogP) is 4.12. The number of carboxylic acids is 1. The summed E-state index contributed by atoms with van der Waals surface area (Å²) in [6.45, 7) is 5.88. The number of nitrogens with zero attached hydrogens (tertiary/aromatic N) is 2. The van der Waals surface area contributed by atoms with Gasteiger partial charge < -0.3 is 5.11 Å². The number of carbonyl (C=O) groups is 1. The van der Waals surface area contributed by atoms with Crippen LogP contribution in [0.3, 0.4) is 0 Å². The number of hydrogen-bond donors (Lipinski definition) is 1. The standard InChI is InChI=1S/C16H18ClFN2O2/c1-4-14-15(16(21)22)13(7-9(2)3)19-20(14)10-5-6-12(18)11(17)8-10/h5-6,8-9H,4,7H2,1-3H3,(H,21,22). The molecule has 0 aliphatic heterocycles. The quantitative estimate of drug-likeness (QED) is 0.900. The van der Waals surface area contributed by atoms with E-state index >= 15 is 0 Å². The fourth-order valence-electron chi connectivity index (χ4n) is 2.44. The normalized spacial score (nSPS) is 11.2. The van der Waals surface area contributed by atoms with E-state index in [9.17, 15) is 14.3 Å². The Morgan fingerprint density at radius 3 is 2.64 bits per heavy atom. The van der Waals surface area contributed by atoms with E-state index in [0.29, 0.717) is 29.9 Å². The third-order valence-electron chi connectivity index (χ3n) is 3.35. The molecule has 0 fully saturated rings. The highest BCUT2D eigenvalue weighted by molar-refractivity contribution is 6.30. The molecule has 0 atom stereocenters. The van der Waals surface area contributed by atoms with Gasteiger partial charge in [0.1, 0.15) is 11.4 Å². The molecule has 1 aromatic heterocycles. The van der Waals surface area contributed by atoms with Gasteiger partial charge in [-0.2, -0.15) is 5.10 Å². The van der Waals surface area contributed by atoms with Crippen LogP contribution in [0.15, 0.2) is 18.2 Å². The molecule has 2 aromatic rings. The molecule has 0 aliphatic rings. The van der Waals surface area contributed by atoms with Crippen LogP contribution in [0.4, 0.5) is 4.39 Å². The molecule has 0 radical (unpaired) electrons. The summed E-state index contributed by atoms with van der Waals surface area (Å²) in [7, 11) is 0. The first kappa shape index (κ1) is 16.5. The average Bonchev–Trinajstić information content (AvgIpc) is 2.79. The van der Waals surface area contributed by atoms with Crippen molar-refractivity contribution in [3.8, 4) is 5.69 Å². The van der Waals surface area contributed by atoms with Crippen LogP contribution in [0, 0.1) is 11.7 Å². The minimum Gasteiger partial charge on any atom is -0.478 e. The molecular formula is C16H18ClFN2O2. The Labute approximate surface area is 133 Å². The molecule has 22 heavy (non-hydrogen) atoms. The van der Waals surface area contributed by atoms with Gasteiger partial charge in [-0.05, 0) is 37.0 Å². The van der Waals surface area contributed by atoms with Gasteiger partial charge in [0.05, 0.1) is 22.1 Å². The number of benzene rings is 1. The summed E-state index contributed by atoms with van der Waals surface area (Å²) < 4.78 is 14.9. The van der Waals surface area contributed by atoms with Gasteiger partial charge in [-0.15, -0.1) is 0 Å². The number of carboxylic acid groups (broad SMARTS) is 1. The first-order valence-electron chi connectivity index (χ1n) is 7.14. The largest absolute Gasteiger partial charge is 0.478 e. The van der Waals surface area contributed by atoms with Crippen molar-refractivity contribution < 1.29 is 14.3 Å². The van der Waals surface area contributed by atoms with Crippen molar-refractivity contribution in [3.63, 3.8) is 0 Å². The van der Waals surface area contributed by atoms with E-state index in [1.165, 1.54) is 18.2 Å². The molecule has 0 unspecified atom stereocenters. The molecule has 0 saturated heterocycles. The van der Waals surface area contributed by atoms with Crippen LogP contribution in [-0.2, 0) is 12.8 Å². The maximum Gasteiger partial charge on any atom is 0.339 e. The molecule has 118 valence electrons. The lowest BCUT2D eigenvalue weighted by atomic mass is 10.0. The highest BCUT2D eigenvalue weighted by atomic mass is 35.5. The van der Waals surface area contributed by atoms with Crippen LogP contribution in [-0.4, -0.2) is 20.9 Å². The zero-order valence-electron chi connectivity index (χ0n) is 12.7. The monoisotopic (exact) mass is 324 g/mol. The minimum atomic E-state index is -0.994. The van der Waals surface area contributed by atoms with Crippen molar-refractivity contribution >= 4 is 17.6 Å². The Bertz CT molecular complexity index is 710. The third kappa shape index (κ3) is 3.14. The molecule has 0 saturated carbocycles. The molecule has 2 rings (SSSR count). The molecular weight excluding hydrogens is 307 g/mol. The van der Waals surface area contributed by atoms with Gasteiger partial charge in [0.15, 0.2) is 0 Å². The number of aromatic nitrogens is 2. The first-order valence-corrected chi connectivity index (χ1v) is 7.52. The lowest BCUT2D eigenvalue weighted by molar-refractivity contribution is 0.0694. The smallest absolute Gasteiger partial charge is 0.339 e. The second kappa shape index (κ2) is 6.48. The molecule has 6 heteroatoms. The van der Waals surface area contributed by atoms with E-state index in [2.05, 4.69) is 5.10 Å². The Morgan fingerprint density at radius 1 is 1.45 bits per heavy atom. The molecule has 1 heterocycles. The number of hydrogen-bond acceptors (Lipinski definition) is 2. The highest BCUT2D eigenvalue weighted by Crippen LogP contribution is 2.25. The topological polar surface area (TPSA) is 55.1 Å². The minimum absolute atomic E-state index is 0.0164. The summed E-state index contributed by atoms with van der Waals surface area (Å²) >= 11 is 5.82. The molecule has 1 N–H and O–H groups in total. The van der Waals surface area contributed by atoms with E-state index in [0.717, 1.165) is 0 Å². The van der Waals surface area contributed by atoms with Gasteiger partial charge in [0.2, 0.25) is 0 Å². The van der Waals surface area contributed by atoms with Gasteiger partial charge >= 0.3 is 5.97 Å². The van der Waals surface area contributed by atoms with Crippen molar-refractivity contribution in [1.82, 2.24) is 9.78 Å². The Morgan fingerprint density at radius 2 is 2.14 bits per heavy atom. The lowest BCUT2D eigenvalue weighted by Crippen LogP contribution is -2.07. The van der Waals surface area contributed by atoms with E-state index in [-0.39, 0.29) is 16.5 Å². The average molecular weight is 325 g/mol. The van der Waals surface area contributed by atoms with Gasteiger partial charge in [-0.25, -0.2) is 13.9 Å². The summed E-state index contributed by atoms with van der Waals surface area (Å²) in [5, 5.41) is 13.9. The Kier molecular flexibility index (Phi) is 4.86. The van der Waals surface area contributed by atoms with E-state index in [4.69, 9.17) is 11.6 Å². The molecule has 0 bridgehead atoms. The summed E-state index contributed by atoms with van der Waals surface area (Å²) in [5.74, 6) is -1.23. The van der Waals surface area contributed by atoms with Crippen LogP contribution in [0.2, 0.25) is 5.02 Å². The lowest BCUT2D eigenvalue weighted by Gasteiger charge is -2.07. The van der Waals surface area contributed by atoms with Crippen molar-refractivity contribution in [2.24, 2.45) is 5.92 Å². The molecule has 0 spiro atoms. The summed E-state index contributed by atoms with van der Waals surface area (Å²) in [6, 6.07) is 4.24. The van der Waals surface area contributed by atoms with Crippen LogP contribution in [0.25, 0.3) is 5.69 Å². The van der Waals surface area contributed by atoms with Crippen molar-refractivity contribution in [1.29, 1.82) is 0 Å². The summed E-state index contributed by atoms with van der Waals surface area (Å²) in [4.78, 5) is 11.6. The second-order valence-corrected chi connectivity index (χ2v) is 5.94. The van der Waals surface area contributed by atoms with Crippen LogP contribution >= 0.6 is 11.6 Å². The molecule has 0 aliphatic carbocycles. The number of aromatic carboxylic acids is 1. The first-order chi connectivity index (χ1) is 10.3. The molecule has 1 aromatic carbocycles. The zero-order valence-corrected chi connectivity index (χ0v) is 13.5. The fourth-order valence-corrected chi connectivity index (χ4v) is 2.61. The third-order valence-corrected chi connectivity index (χ3v) is 3.64.